The summed E-state index contributed by atoms with van der Waals surface area (Å²) in [5.41, 5.74) is 3.24. The lowest BCUT2D eigenvalue weighted by Crippen LogP contribution is -2.35. The molecule has 28 heavy (non-hydrogen) atoms. The van der Waals surface area contributed by atoms with Crippen LogP contribution in [0, 0.1) is 0 Å². The van der Waals surface area contributed by atoms with Gasteiger partial charge in [-0.1, -0.05) is 30.0 Å². The molecule has 0 spiro atoms. The number of para-hydroxylation sites is 1. The summed E-state index contributed by atoms with van der Waals surface area (Å²) in [5.74, 6) is 0.965. The Balaban J connectivity index is 1.39. The molecule has 0 N–H and O–H groups in total. The minimum Gasteiger partial charge on any atom is -0.311 e. The van der Waals surface area contributed by atoms with Gasteiger partial charge in [0.15, 0.2) is 11.0 Å². The number of hydrogen-bond acceptors (Lipinski definition) is 5. The number of rotatable bonds is 5. The van der Waals surface area contributed by atoms with Crippen LogP contribution < -0.4 is 4.90 Å². The number of amides is 1. The summed E-state index contributed by atoms with van der Waals surface area (Å²) < 4.78 is 2.18. The Bertz CT molecular complexity index is 1010. The average molecular weight is 392 g/mol. The zero-order valence-electron chi connectivity index (χ0n) is 15.7. The van der Waals surface area contributed by atoms with Crippen molar-refractivity contribution in [2.75, 3.05) is 11.4 Å². The number of benzene rings is 1. The minimum absolute atomic E-state index is 0.128. The van der Waals surface area contributed by atoms with Crippen molar-refractivity contribution in [1.29, 1.82) is 0 Å². The molecule has 142 valence electrons. The molecule has 1 amide bonds. The first-order valence-corrected chi connectivity index (χ1v) is 10.5. The molecule has 7 heteroatoms. The molecule has 3 heterocycles. The molecule has 0 saturated heterocycles. The molecular formula is C21H21N5OS. The molecule has 1 aliphatic carbocycles. The molecule has 1 aliphatic heterocycles. The van der Waals surface area contributed by atoms with Crippen molar-refractivity contribution in [1.82, 2.24) is 19.7 Å². The third-order valence-corrected chi connectivity index (χ3v) is 6.32. The maximum absolute atomic E-state index is 13.1. The first-order chi connectivity index (χ1) is 13.7. The van der Waals surface area contributed by atoms with Crippen molar-refractivity contribution in [2.24, 2.45) is 0 Å². The Hall–Kier alpha value is -2.67. The summed E-state index contributed by atoms with van der Waals surface area (Å²) in [5, 5.41) is 9.43. The molecule has 0 unspecified atom stereocenters. The van der Waals surface area contributed by atoms with Gasteiger partial charge in [-0.05, 0) is 49.9 Å². The number of aromatic nitrogens is 4. The number of anilines is 1. The van der Waals surface area contributed by atoms with Crippen LogP contribution in [-0.2, 0) is 11.2 Å². The summed E-state index contributed by atoms with van der Waals surface area (Å²) in [7, 11) is 0. The van der Waals surface area contributed by atoms with Crippen LogP contribution in [0.1, 0.15) is 31.4 Å². The van der Waals surface area contributed by atoms with E-state index >= 15 is 0 Å². The second kappa shape index (κ2) is 7.05. The fourth-order valence-electron chi connectivity index (χ4n) is 3.71. The summed E-state index contributed by atoms with van der Waals surface area (Å²) in [6, 6.07) is 12.5. The van der Waals surface area contributed by atoms with E-state index in [0.29, 0.717) is 6.04 Å². The van der Waals surface area contributed by atoms with E-state index in [2.05, 4.69) is 25.8 Å². The largest absolute Gasteiger partial charge is 0.311 e. The Labute approximate surface area is 168 Å². The van der Waals surface area contributed by atoms with Crippen molar-refractivity contribution in [3.8, 4) is 11.4 Å². The molecule has 2 aliphatic rings. The molecule has 6 nitrogen and oxygen atoms in total. The number of fused-ring (bicyclic) bond motifs is 1. The third kappa shape index (κ3) is 3.09. The van der Waals surface area contributed by atoms with Gasteiger partial charge in [-0.15, -0.1) is 10.2 Å². The lowest BCUT2D eigenvalue weighted by Gasteiger charge is -2.21. The predicted octanol–water partition coefficient (Wildman–Crippen LogP) is 3.74. The highest BCUT2D eigenvalue weighted by Gasteiger charge is 2.33. The van der Waals surface area contributed by atoms with Gasteiger partial charge < -0.3 is 4.90 Å². The van der Waals surface area contributed by atoms with Crippen LogP contribution >= 0.6 is 11.8 Å². The lowest BCUT2D eigenvalue weighted by atomic mass is 10.2. The summed E-state index contributed by atoms with van der Waals surface area (Å²) in [4.78, 5) is 19.2. The van der Waals surface area contributed by atoms with E-state index in [1.807, 2.05) is 48.4 Å². The average Bonchev–Trinajstić information content (AvgIpc) is 3.34. The molecule has 5 rings (SSSR count). The Kier molecular flexibility index (Phi) is 4.39. The van der Waals surface area contributed by atoms with Crippen molar-refractivity contribution in [3.05, 3.63) is 54.4 Å². The van der Waals surface area contributed by atoms with E-state index in [1.54, 1.807) is 6.20 Å². The van der Waals surface area contributed by atoms with Gasteiger partial charge in [0.05, 0.1) is 5.25 Å². The highest BCUT2D eigenvalue weighted by atomic mass is 32.2. The van der Waals surface area contributed by atoms with Crippen LogP contribution in [0.2, 0.25) is 0 Å². The molecule has 3 aromatic rings. The second-order valence-electron chi connectivity index (χ2n) is 7.28. The molecule has 0 bridgehead atoms. The Morgan fingerprint density at radius 3 is 2.82 bits per heavy atom. The van der Waals surface area contributed by atoms with E-state index in [-0.39, 0.29) is 11.2 Å². The van der Waals surface area contributed by atoms with E-state index in [1.165, 1.54) is 17.3 Å². The van der Waals surface area contributed by atoms with Gasteiger partial charge in [-0.2, -0.15) is 0 Å². The number of carbonyl (C=O) groups excluding carboxylic acids is 1. The maximum atomic E-state index is 13.1. The maximum Gasteiger partial charge on any atom is 0.240 e. The van der Waals surface area contributed by atoms with Crippen LogP contribution in [0.25, 0.3) is 11.4 Å². The SMILES string of the molecule is C[C@H](Sc1nnc(-c2cccnc2)n1C1CC1)C(=O)N1CCc2ccccc21. The molecule has 0 radical (unpaired) electrons. The van der Waals surface area contributed by atoms with Crippen LogP contribution in [0.5, 0.6) is 0 Å². The molecule has 1 atom stereocenters. The number of thioether (sulfide) groups is 1. The Morgan fingerprint density at radius 2 is 2.04 bits per heavy atom. The lowest BCUT2D eigenvalue weighted by molar-refractivity contribution is -0.117. The van der Waals surface area contributed by atoms with Gasteiger partial charge in [0.2, 0.25) is 5.91 Å². The molecular weight excluding hydrogens is 370 g/mol. The zero-order valence-corrected chi connectivity index (χ0v) is 16.5. The topological polar surface area (TPSA) is 63.9 Å². The van der Waals surface area contributed by atoms with E-state index in [9.17, 15) is 4.79 Å². The standard InChI is InChI=1S/C21H21N5OS/c1-14(20(27)25-12-10-15-5-2-3-7-18(15)25)28-21-24-23-19(26(21)17-8-9-17)16-6-4-11-22-13-16/h2-7,11,13-14,17H,8-10,12H2,1H3/t14-/m0/s1. The van der Waals surface area contributed by atoms with Crippen molar-refractivity contribution in [3.63, 3.8) is 0 Å². The second-order valence-corrected chi connectivity index (χ2v) is 8.59. The van der Waals surface area contributed by atoms with Gasteiger partial charge >= 0.3 is 0 Å². The van der Waals surface area contributed by atoms with Gasteiger partial charge in [0.1, 0.15) is 0 Å². The summed E-state index contributed by atoms with van der Waals surface area (Å²) >= 11 is 1.50. The fourth-order valence-corrected chi connectivity index (χ4v) is 4.69. The molecule has 1 fully saturated rings. The number of hydrogen-bond donors (Lipinski definition) is 0. The first-order valence-electron chi connectivity index (χ1n) is 9.63. The van der Waals surface area contributed by atoms with Crippen molar-refractivity contribution >= 4 is 23.4 Å². The number of carbonyl (C=O) groups is 1. The van der Waals surface area contributed by atoms with Crippen LogP contribution in [0.3, 0.4) is 0 Å². The van der Waals surface area contributed by atoms with Gasteiger partial charge in [-0.25, -0.2) is 0 Å². The smallest absolute Gasteiger partial charge is 0.240 e. The molecule has 2 aromatic heterocycles. The fraction of sp³-hybridized carbons (Fsp3) is 0.333. The Morgan fingerprint density at radius 1 is 1.18 bits per heavy atom. The molecule has 1 aromatic carbocycles. The van der Waals surface area contributed by atoms with Gasteiger partial charge in [0.25, 0.3) is 0 Å². The van der Waals surface area contributed by atoms with Gasteiger partial charge in [0, 0.05) is 36.2 Å². The monoisotopic (exact) mass is 391 g/mol. The molecule has 1 saturated carbocycles. The predicted molar refractivity (Wildman–Crippen MR) is 109 cm³/mol. The van der Waals surface area contributed by atoms with Gasteiger partial charge in [-0.3, -0.25) is 14.3 Å². The van der Waals surface area contributed by atoms with Crippen LogP contribution in [0.15, 0.2) is 53.9 Å². The quantitative estimate of drug-likeness (QED) is 0.620. The van der Waals surface area contributed by atoms with E-state index in [4.69, 9.17) is 0 Å². The minimum atomic E-state index is -0.227. The van der Waals surface area contributed by atoms with E-state index in [0.717, 1.165) is 48.0 Å². The van der Waals surface area contributed by atoms with E-state index < -0.39 is 0 Å². The number of nitrogens with zero attached hydrogens (tertiary/aromatic N) is 5. The third-order valence-electron chi connectivity index (χ3n) is 5.28. The van der Waals surface area contributed by atoms with Crippen LogP contribution in [-0.4, -0.2) is 37.5 Å². The van der Waals surface area contributed by atoms with Crippen LogP contribution in [0.4, 0.5) is 5.69 Å². The normalized spacial score (nSPS) is 16.8. The summed E-state index contributed by atoms with van der Waals surface area (Å²) in [6.07, 6.45) is 6.74. The first kappa shape index (κ1) is 17.4. The highest BCUT2D eigenvalue weighted by molar-refractivity contribution is 8.00. The summed E-state index contributed by atoms with van der Waals surface area (Å²) in [6.45, 7) is 2.71. The highest BCUT2D eigenvalue weighted by Crippen LogP contribution is 2.42. The van der Waals surface area contributed by atoms with Crippen molar-refractivity contribution < 1.29 is 4.79 Å². The zero-order chi connectivity index (χ0) is 19.1. The number of pyridine rings is 1. The van der Waals surface area contributed by atoms with Crippen molar-refractivity contribution in [2.45, 2.75) is 42.6 Å².